The molecule has 5 heteroatoms. The Morgan fingerprint density at radius 3 is 2.53 bits per heavy atom. The lowest BCUT2D eigenvalue weighted by Crippen LogP contribution is -2.08. The second kappa shape index (κ2) is 8.81. The molecule has 0 aliphatic carbocycles. The third-order valence-electron chi connectivity index (χ3n) is 1.91. The highest BCUT2D eigenvalue weighted by molar-refractivity contribution is 5.32. The van der Waals surface area contributed by atoms with Crippen LogP contribution >= 0.6 is 0 Å². The Morgan fingerprint density at radius 2 is 1.82 bits per heavy atom. The van der Waals surface area contributed by atoms with Gasteiger partial charge in [0.2, 0.25) is 0 Å². The summed E-state index contributed by atoms with van der Waals surface area (Å²) in [7, 11) is 1.62. The Kier molecular flexibility index (Phi) is 7.13. The number of methoxy groups -OCH3 is 1. The summed E-state index contributed by atoms with van der Waals surface area (Å²) in [4.78, 5) is 0. The number of aliphatic hydroxyl groups excluding tert-OH is 1. The molecular weight excluding hydrogens is 224 g/mol. The van der Waals surface area contributed by atoms with Gasteiger partial charge < -0.3 is 24.1 Å². The summed E-state index contributed by atoms with van der Waals surface area (Å²) in [5, 5.41) is 8.63. The quantitative estimate of drug-likeness (QED) is 0.518. The molecule has 0 radical (unpaired) electrons. The molecule has 0 aliphatic rings. The van der Waals surface area contributed by atoms with Crippen molar-refractivity contribution >= 4 is 0 Å². The van der Waals surface area contributed by atoms with E-state index in [9.17, 15) is 0 Å². The van der Waals surface area contributed by atoms with Crippen molar-refractivity contribution in [1.82, 2.24) is 0 Å². The highest BCUT2D eigenvalue weighted by Gasteiger charge is 1.97. The third kappa shape index (κ3) is 6.11. The van der Waals surface area contributed by atoms with Gasteiger partial charge in [-0.2, -0.15) is 0 Å². The van der Waals surface area contributed by atoms with Crippen LogP contribution in [0.4, 0.5) is 0 Å². The van der Waals surface area contributed by atoms with E-state index in [1.807, 2.05) is 12.1 Å². The monoisotopic (exact) mass is 242 g/mol. The summed E-state index contributed by atoms with van der Waals surface area (Å²) in [6.45, 7) is 1.48. The van der Waals surface area contributed by atoms with Crippen LogP contribution < -0.4 is 9.47 Å². The lowest BCUT2D eigenvalue weighted by Gasteiger charge is -2.09. The van der Waals surface area contributed by atoms with E-state index in [0.717, 1.165) is 0 Å². The van der Waals surface area contributed by atoms with Gasteiger partial charge in [0.25, 0.3) is 0 Å². The largest absolute Gasteiger partial charge is 0.491 e. The zero-order chi connectivity index (χ0) is 12.3. The first-order valence-corrected chi connectivity index (χ1v) is 5.40. The van der Waals surface area contributed by atoms with Crippen LogP contribution in [-0.2, 0) is 9.47 Å². The zero-order valence-electron chi connectivity index (χ0n) is 9.93. The van der Waals surface area contributed by atoms with Gasteiger partial charge in [-0.3, -0.25) is 0 Å². The normalized spacial score (nSPS) is 10.2. The number of ether oxygens (including phenoxy) is 4. The number of hydrogen-bond acceptors (Lipinski definition) is 5. The maximum Gasteiger partial charge on any atom is 0.189 e. The summed E-state index contributed by atoms with van der Waals surface area (Å²) in [6.07, 6.45) is 0. The van der Waals surface area contributed by atoms with Gasteiger partial charge in [0.15, 0.2) is 6.79 Å². The lowest BCUT2D eigenvalue weighted by atomic mass is 10.3. The summed E-state index contributed by atoms with van der Waals surface area (Å²) in [6, 6.07) is 7.17. The van der Waals surface area contributed by atoms with Crippen LogP contribution in [0.3, 0.4) is 0 Å². The zero-order valence-corrected chi connectivity index (χ0v) is 9.93. The maximum absolute atomic E-state index is 8.63. The Labute approximate surface area is 101 Å². The van der Waals surface area contributed by atoms with Gasteiger partial charge in [-0.1, -0.05) is 6.07 Å². The number of aliphatic hydroxyl groups is 1. The molecule has 0 amide bonds. The third-order valence-corrected chi connectivity index (χ3v) is 1.91. The fourth-order valence-electron chi connectivity index (χ4n) is 1.13. The van der Waals surface area contributed by atoms with E-state index in [1.165, 1.54) is 0 Å². The average molecular weight is 242 g/mol. The van der Waals surface area contributed by atoms with E-state index in [2.05, 4.69) is 0 Å². The van der Waals surface area contributed by atoms with Crippen LogP contribution in [0, 0.1) is 0 Å². The van der Waals surface area contributed by atoms with E-state index in [1.54, 1.807) is 19.2 Å². The highest BCUT2D eigenvalue weighted by Crippen LogP contribution is 2.19. The summed E-state index contributed by atoms with van der Waals surface area (Å²) in [5.74, 6) is 1.33. The molecule has 1 N–H and O–H groups in total. The Balaban J connectivity index is 2.27. The van der Waals surface area contributed by atoms with Crippen LogP contribution in [0.1, 0.15) is 0 Å². The Hall–Kier alpha value is -1.30. The molecule has 0 aliphatic heterocycles. The molecule has 0 saturated heterocycles. The molecule has 0 unspecified atom stereocenters. The first-order chi connectivity index (χ1) is 8.36. The SMILES string of the molecule is COCCOCOc1cccc(OCCO)c1. The molecular formula is C12H18O5. The van der Waals surface area contributed by atoms with E-state index < -0.39 is 0 Å². The summed E-state index contributed by atoms with van der Waals surface area (Å²) < 4.78 is 20.6. The Morgan fingerprint density at radius 1 is 1.06 bits per heavy atom. The lowest BCUT2D eigenvalue weighted by molar-refractivity contribution is -0.00856. The van der Waals surface area contributed by atoms with Crippen LogP contribution in [0.25, 0.3) is 0 Å². The average Bonchev–Trinajstić information content (AvgIpc) is 2.37. The molecule has 0 fully saturated rings. The molecule has 17 heavy (non-hydrogen) atoms. The topological polar surface area (TPSA) is 57.2 Å². The fraction of sp³-hybridized carbons (Fsp3) is 0.500. The van der Waals surface area contributed by atoms with Gasteiger partial charge in [0, 0.05) is 13.2 Å². The Bertz CT molecular complexity index is 303. The van der Waals surface area contributed by atoms with E-state index >= 15 is 0 Å². The minimum absolute atomic E-state index is 0.00872. The number of benzene rings is 1. The molecule has 5 nitrogen and oxygen atoms in total. The van der Waals surface area contributed by atoms with Crippen molar-refractivity contribution in [2.75, 3.05) is 40.3 Å². The fourth-order valence-corrected chi connectivity index (χ4v) is 1.13. The van der Waals surface area contributed by atoms with Crippen molar-refractivity contribution in [1.29, 1.82) is 0 Å². The van der Waals surface area contributed by atoms with Crippen molar-refractivity contribution in [2.24, 2.45) is 0 Å². The van der Waals surface area contributed by atoms with Crippen LogP contribution in [0.2, 0.25) is 0 Å². The molecule has 0 aromatic heterocycles. The highest BCUT2D eigenvalue weighted by atomic mass is 16.7. The molecule has 96 valence electrons. The number of hydrogen-bond donors (Lipinski definition) is 1. The maximum atomic E-state index is 8.63. The van der Waals surface area contributed by atoms with E-state index in [-0.39, 0.29) is 20.0 Å². The smallest absolute Gasteiger partial charge is 0.189 e. The van der Waals surface area contributed by atoms with Crippen molar-refractivity contribution in [3.63, 3.8) is 0 Å². The minimum Gasteiger partial charge on any atom is -0.491 e. The molecule has 1 aromatic carbocycles. The molecule has 1 rings (SSSR count). The first kappa shape index (κ1) is 13.8. The number of rotatable bonds is 9. The van der Waals surface area contributed by atoms with Gasteiger partial charge in [-0.05, 0) is 12.1 Å². The summed E-state index contributed by atoms with van der Waals surface area (Å²) in [5.41, 5.74) is 0. The second-order valence-corrected chi connectivity index (χ2v) is 3.21. The van der Waals surface area contributed by atoms with E-state index in [4.69, 9.17) is 24.1 Å². The molecule has 0 spiro atoms. The molecule has 0 bridgehead atoms. The van der Waals surface area contributed by atoms with Crippen molar-refractivity contribution in [2.45, 2.75) is 0 Å². The van der Waals surface area contributed by atoms with Crippen molar-refractivity contribution in [3.05, 3.63) is 24.3 Å². The second-order valence-electron chi connectivity index (χ2n) is 3.21. The van der Waals surface area contributed by atoms with Gasteiger partial charge in [-0.25, -0.2) is 0 Å². The van der Waals surface area contributed by atoms with Gasteiger partial charge in [-0.15, -0.1) is 0 Å². The van der Waals surface area contributed by atoms with Gasteiger partial charge in [0.05, 0.1) is 19.8 Å². The minimum atomic E-state index is -0.00872. The molecule has 1 aromatic rings. The predicted molar refractivity (Wildman–Crippen MR) is 62.3 cm³/mol. The van der Waals surface area contributed by atoms with E-state index in [0.29, 0.717) is 24.7 Å². The standard InChI is InChI=1S/C12H18O5/c1-14-7-8-15-10-17-12-4-2-3-11(9-12)16-6-5-13/h2-4,9,13H,5-8,10H2,1H3. The van der Waals surface area contributed by atoms with Crippen LogP contribution in [0.5, 0.6) is 11.5 Å². The van der Waals surface area contributed by atoms with Crippen molar-refractivity contribution < 1.29 is 24.1 Å². The predicted octanol–water partition coefficient (Wildman–Crippen LogP) is 1.06. The molecule has 0 saturated carbocycles. The molecule has 0 heterocycles. The van der Waals surface area contributed by atoms with Gasteiger partial charge >= 0.3 is 0 Å². The van der Waals surface area contributed by atoms with Crippen LogP contribution in [0.15, 0.2) is 24.3 Å². The summed E-state index contributed by atoms with van der Waals surface area (Å²) >= 11 is 0. The molecule has 0 atom stereocenters. The first-order valence-electron chi connectivity index (χ1n) is 5.40. The van der Waals surface area contributed by atoms with Crippen molar-refractivity contribution in [3.8, 4) is 11.5 Å². The van der Waals surface area contributed by atoms with Gasteiger partial charge in [0.1, 0.15) is 18.1 Å². The van der Waals surface area contributed by atoms with Crippen LogP contribution in [-0.4, -0.2) is 45.4 Å².